The molecule has 2 rings (SSSR count). The lowest BCUT2D eigenvalue weighted by Crippen LogP contribution is -2.39. The van der Waals surface area contributed by atoms with Crippen molar-refractivity contribution in [3.8, 4) is 0 Å². The van der Waals surface area contributed by atoms with Gasteiger partial charge in [-0.25, -0.2) is 0 Å². The Labute approximate surface area is 161 Å². The number of benzene rings is 2. The predicted molar refractivity (Wildman–Crippen MR) is 108 cm³/mol. The lowest BCUT2D eigenvalue weighted by atomic mass is 10.1. The molecule has 0 saturated heterocycles. The van der Waals surface area contributed by atoms with Gasteiger partial charge < -0.3 is 16.0 Å². The van der Waals surface area contributed by atoms with Crippen LogP contribution in [0, 0.1) is 6.92 Å². The minimum absolute atomic E-state index is 0. The Morgan fingerprint density at radius 1 is 1.04 bits per heavy atom. The Morgan fingerprint density at radius 2 is 1.77 bits per heavy atom. The number of likely N-dealkylation sites (N-methyl/N-ethyl adjacent to an activating group) is 1. The van der Waals surface area contributed by atoms with Gasteiger partial charge in [0.25, 0.3) is 11.8 Å². The highest BCUT2D eigenvalue weighted by Crippen LogP contribution is 2.16. The Morgan fingerprint density at radius 3 is 2.46 bits per heavy atom. The monoisotopic (exact) mass is 375 g/mol. The first-order chi connectivity index (χ1) is 12.0. The van der Waals surface area contributed by atoms with Gasteiger partial charge in [0.05, 0.1) is 11.3 Å². The van der Waals surface area contributed by atoms with Crippen LogP contribution in [0.3, 0.4) is 0 Å². The first-order valence-corrected chi connectivity index (χ1v) is 8.50. The molecule has 26 heavy (non-hydrogen) atoms. The number of hydrogen-bond acceptors (Lipinski definition) is 3. The Bertz CT molecular complexity index is 749. The summed E-state index contributed by atoms with van der Waals surface area (Å²) in [7, 11) is 0. The second kappa shape index (κ2) is 10.6. The van der Waals surface area contributed by atoms with E-state index in [-0.39, 0.29) is 30.3 Å². The van der Waals surface area contributed by atoms with E-state index in [2.05, 4.69) is 16.0 Å². The second-order valence-corrected chi connectivity index (χ2v) is 6.04. The molecule has 1 atom stereocenters. The third kappa shape index (κ3) is 6.17. The van der Waals surface area contributed by atoms with Gasteiger partial charge in [0.1, 0.15) is 0 Å². The maximum absolute atomic E-state index is 12.5. The first-order valence-electron chi connectivity index (χ1n) is 8.50. The highest BCUT2D eigenvalue weighted by molar-refractivity contribution is 6.09. The number of rotatable bonds is 7. The third-order valence-corrected chi connectivity index (χ3v) is 3.82. The molecule has 0 unspecified atom stereocenters. The fourth-order valence-electron chi connectivity index (χ4n) is 2.53. The predicted octanol–water partition coefficient (Wildman–Crippen LogP) is 3.40. The van der Waals surface area contributed by atoms with E-state index in [0.29, 0.717) is 23.4 Å². The highest BCUT2D eigenvalue weighted by atomic mass is 35.5. The van der Waals surface area contributed by atoms with Crippen LogP contribution in [-0.4, -0.2) is 30.9 Å². The lowest BCUT2D eigenvalue weighted by Gasteiger charge is -2.15. The van der Waals surface area contributed by atoms with Crippen LogP contribution < -0.4 is 16.0 Å². The van der Waals surface area contributed by atoms with Crippen LogP contribution >= 0.6 is 12.4 Å². The fraction of sp³-hybridized carbons (Fsp3) is 0.300. The number of aryl methyl sites for hydroxylation is 1. The van der Waals surface area contributed by atoms with E-state index < -0.39 is 0 Å². The molecule has 0 aromatic heterocycles. The van der Waals surface area contributed by atoms with E-state index >= 15 is 0 Å². The van der Waals surface area contributed by atoms with Crippen LogP contribution in [0.4, 0.5) is 5.69 Å². The van der Waals surface area contributed by atoms with Gasteiger partial charge in [0.2, 0.25) is 0 Å². The molecule has 140 valence electrons. The van der Waals surface area contributed by atoms with Crippen molar-refractivity contribution in [2.45, 2.75) is 26.8 Å². The summed E-state index contributed by atoms with van der Waals surface area (Å²) >= 11 is 0. The van der Waals surface area contributed by atoms with E-state index in [9.17, 15) is 9.59 Å². The number of anilines is 1. The maximum Gasteiger partial charge on any atom is 0.255 e. The van der Waals surface area contributed by atoms with Crippen molar-refractivity contribution in [2.24, 2.45) is 0 Å². The second-order valence-electron chi connectivity index (χ2n) is 6.04. The molecule has 2 aromatic rings. The zero-order valence-corrected chi connectivity index (χ0v) is 16.2. The summed E-state index contributed by atoms with van der Waals surface area (Å²) in [6.45, 7) is 7.33. The number of nitrogens with one attached hydrogen (secondary N) is 3. The zero-order chi connectivity index (χ0) is 18.2. The van der Waals surface area contributed by atoms with Crippen molar-refractivity contribution in [1.82, 2.24) is 10.6 Å². The Balaban J connectivity index is 0.00000338. The number of carbonyl (C=O) groups is 2. The molecule has 0 aliphatic heterocycles. The standard InChI is InChI=1S/C20H25N3O2.ClH/c1-4-21-15(3)13-22-20(25)17-10-5-6-11-18(17)23-19(24)16-9-7-8-14(2)12-16;/h5-12,15,21H,4,13H2,1-3H3,(H,22,25)(H,23,24);1H/t15-;/m1./s1. The van der Waals surface area contributed by atoms with Gasteiger partial charge in [-0.05, 0) is 44.7 Å². The number of amides is 2. The molecule has 0 aliphatic carbocycles. The van der Waals surface area contributed by atoms with Gasteiger partial charge in [0, 0.05) is 18.2 Å². The van der Waals surface area contributed by atoms with Gasteiger partial charge in [-0.15, -0.1) is 12.4 Å². The first kappa shape index (κ1) is 21.7. The van der Waals surface area contributed by atoms with Crippen molar-refractivity contribution in [1.29, 1.82) is 0 Å². The van der Waals surface area contributed by atoms with Crippen LogP contribution in [0.15, 0.2) is 48.5 Å². The van der Waals surface area contributed by atoms with Gasteiger partial charge >= 0.3 is 0 Å². The molecule has 0 fully saturated rings. The topological polar surface area (TPSA) is 70.2 Å². The van der Waals surface area contributed by atoms with Gasteiger partial charge in [-0.1, -0.05) is 36.8 Å². The maximum atomic E-state index is 12.5. The number of halogens is 1. The molecule has 0 bridgehead atoms. The Hall–Kier alpha value is -2.37. The van der Waals surface area contributed by atoms with E-state index in [1.165, 1.54) is 0 Å². The van der Waals surface area contributed by atoms with Crippen LogP contribution in [-0.2, 0) is 0 Å². The van der Waals surface area contributed by atoms with Gasteiger partial charge in [-0.3, -0.25) is 9.59 Å². The number of carbonyl (C=O) groups excluding carboxylic acids is 2. The molecule has 3 N–H and O–H groups in total. The van der Waals surface area contributed by atoms with Gasteiger partial charge in [-0.2, -0.15) is 0 Å². The molecular weight excluding hydrogens is 350 g/mol. The third-order valence-electron chi connectivity index (χ3n) is 3.82. The SMILES string of the molecule is CCN[C@H](C)CNC(=O)c1ccccc1NC(=O)c1cccc(C)c1.Cl. The number of hydrogen-bond donors (Lipinski definition) is 3. The molecule has 2 aromatic carbocycles. The van der Waals surface area contributed by atoms with Crippen LogP contribution in [0.1, 0.15) is 40.1 Å². The number of para-hydroxylation sites is 1. The molecule has 2 amide bonds. The van der Waals surface area contributed by atoms with Crippen LogP contribution in [0.25, 0.3) is 0 Å². The normalized spacial score (nSPS) is 11.2. The molecule has 0 spiro atoms. The van der Waals surface area contributed by atoms with Crippen molar-refractivity contribution >= 4 is 29.9 Å². The highest BCUT2D eigenvalue weighted by Gasteiger charge is 2.14. The molecule has 0 aliphatic rings. The molecular formula is C20H26ClN3O2. The van der Waals surface area contributed by atoms with Crippen molar-refractivity contribution in [3.63, 3.8) is 0 Å². The van der Waals surface area contributed by atoms with E-state index in [0.717, 1.165) is 12.1 Å². The minimum Gasteiger partial charge on any atom is -0.350 e. The molecule has 5 nitrogen and oxygen atoms in total. The Kier molecular flexibility index (Phi) is 8.82. The average Bonchev–Trinajstić information content (AvgIpc) is 2.60. The van der Waals surface area contributed by atoms with Crippen LogP contribution in [0.5, 0.6) is 0 Å². The summed E-state index contributed by atoms with van der Waals surface area (Å²) in [4.78, 5) is 24.9. The van der Waals surface area contributed by atoms with Gasteiger partial charge in [0.15, 0.2) is 0 Å². The minimum atomic E-state index is -0.232. The van der Waals surface area contributed by atoms with E-state index in [4.69, 9.17) is 0 Å². The summed E-state index contributed by atoms with van der Waals surface area (Å²) in [5, 5.41) is 8.97. The molecule has 0 radical (unpaired) electrons. The summed E-state index contributed by atoms with van der Waals surface area (Å²) in [6, 6.07) is 14.5. The fourth-order valence-corrected chi connectivity index (χ4v) is 2.53. The largest absolute Gasteiger partial charge is 0.350 e. The van der Waals surface area contributed by atoms with Crippen molar-refractivity contribution in [2.75, 3.05) is 18.4 Å². The summed E-state index contributed by atoms with van der Waals surface area (Å²) in [5.41, 5.74) is 2.53. The summed E-state index contributed by atoms with van der Waals surface area (Å²) in [5.74, 6) is -0.435. The van der Waals surface area contributed by atoms with E-state index in [1.807, 2.05) is 39.0 Å². The van der Waals surface area contributed by atoms with Crippen molar-refractivity contribution in [3.05, 3.63) is 65.2 Å². The smallest absolute Gasteiger partial charge is 0.255 e. The average molecular weight is 376 g/mol. The summed E-state index contributed by atoms with van der Waals surface area (Å²) in [6.07, 6.45) is 0. The molecule has 6 heteroatoms. The zero-order valence-electron chi connectivity index (χ0n) is 15.3. The lowest BCUT2D eigenvalue weighted by molar-refractivity contribution is 0.0951. The molecule has 0 heterocycles. The summed E-state index contributed by atoms with van der Waals surface area (Å²) < 4.78 is 0. The van der Waals surface area contributed by atoms with Crippen LogP contribution in [0.2, 0.25) is 0 Å². The van der Waals surface area contributed by atoms with E-state index in [1.54, 1.807) is 30.3 Å². The quantitative estimate of drug-likeness (QED) is 0.694. The molecule has 0 saturated carbocycles. The van der Waals surface area contributed by atoms with Crippen molar-refractivity contribution < 1.29 is 9.59 Å².